The molecule has 0 aliphatic heterocycles. The van der Waals surface area contributed by atoms with Crippen LogP contribution < -0.4 is 0 Å². The van der Waals surface area contributed by atoms with E-state index in [1.54, 1.807) is 0 Å². The molecule has 0 aromatic heterocycles. The smallest absolute Gasteiger partial charge is 0.134 e. The lowest BCUT2D eigenvalue weighted by Gasteiger charge is -2.14. The molecule has 0 bridgehead atoms. The fraction of sp³-hybridized carbons (Fsp3) is 0.417. The van der Waals surface area contributed by atoms with Gasteiger partial charge in [0.05, 0.1) is 8.07 Å². The topological polar surface area (TPSA) is 17.1 Å². The van der Waals surface area contributed by atoms with Crippen LogP contribution in [-0.4, -0.2) is 13.9 Å². The zero-order valence-electron chi connectivity index (χ0n) is 9.21. The highest BCUT2D eigenvalue weighted by molar-refractivity contribution is 6.78. The van der Waals surface area contributed by atoms with Gasteiger partial charge in [-0.2, -0.15) is 0 Å². The Morgan fingerprint density at radius 2 is 1.71 bits per heavy atom. The summed E-state index contributed by atoms with van der Waals surface area (Å²) in [6.07, 6.45) is 0.602. The van der Waals surface area contributed by atoms with Crippen molar-refractivity contribution in [3.8, 4) is 0 Å². The third kappa shape index (κ3) is 4.37. The summed E-state index contributed by atoms with van der Waals surface area (Å²) >= 11 is 0. The second-order valence-corrected chi connectivity index (χ2v) is 10.4. The number of hydrogen-bond donors (Lipinski definition) is 0. The Bertz CT molecular complexity index is 298. The van der Waals surface area contributed by atoms with Crippen molar-refractivity contribution in [1.82, 2.24) is 0 Å². The fourth-order valence-electron chi connectivity index (χ4n) is 1.48. The van der Waals surface area contributed by atoms with Crippen LogP contribution in [0.2, 0.25) is 25.7 Å². The summed E-state index contributed by atoms with van der Waals surface area (Å²) in [5.41, 5.74) is 1.13. The normalized spacial score (nSPS) is 11.4. The van der Waals surface area contributed by atoms with Crippen molar-refractivity contribution in [2.24, 2.45) is 0 Å². The summed E-state index contributed by atoms with van der Waals surface area (Å²) in [5, 5.41) is 0. The van der Waals surface area contributed by atoms with Crippen molar-refractivity contribution in [2.45, 2.75) is 32.1 Å². The maximum atomic E-state index is 11.7. The minimum absolute atomic E-state index is 0.385. The number of Topliss-reactive ketones (excluding diaryl/α,β-unsaturated/α-hetero) is 1. The molecule has 14 heavy (non-hydrogen) atoms. The van der Waals surface area contributed by atoms with E-state index in [-0.39, 0.29) is 0 Å². The standard InChI is InChI=1S/C12H18OSi/c1-14(2,3)10-12(13)9-11-7-5-4-6-8-11/h4-8H,9-10H2,1-3H3. The van der Waals surface area contributed by atoms with Crippen LogP contribution >= 0.6 is 0 Å². The lowest BCUT2D eigenvalue weighted by molar-refractivity contribution is -0.116. The Hall–Kier alpha value is -0.893. The summed E-state index contributed by atoms with van der Waals surface area (Å²) in [4.78, 5) is 11.7. The molecule has 2 heteroatoms. The van der Waals surface area contributed by atoms with Gasteiger partial charge in [0.1, 0.15) is 5.78 Å². The first kappa shape index (κ1) is 11.2. The Morgan fingerprint density at radius 3 is 2.21 bits per heavy atom. The van der Waals surface area contributed by atoms with E-state index in [4.69, 9.17) is 0 Å². The second kappa shape index (κ2) is 4.56. The van der Waals surface area contributed by atoms with Crippen LogP contribution in [0.5, 0.6) is 0 Å². The highest BCUT2D eigenvalue weighted by atomic mass is 28.3. The molecular formula is C12H18OSi. The number of carbonyl (C=O) groups is 1. The van der Waals surface area contributed by atoms with Crippen molar-refractivity contribution in [1.29, 1.82) is 0 Å². The molecule has 76 valence electrons. The molecule has 0 saturated heterocycles. The zero-order valence-corrected chi connectivity index (χ0v) is 10.2. The molecule has 0 saturated carbocycles. The van der Waals surface area contributed by atoms with Crippen LogP contribution in [0.3, 0.4) is 0 Å². The zero-order chi connectivity index (χ0) is 10.6. The van der Waals surface area contributed by atoms with Crippen LogP contribution in [0.15, 0.2) is 30.3 Å². The summed E-state index contributed by atoms with van der Waals surface area (Å²) in [7, 11) is -1.22. The van der Waals surface area contributed by atoms with Crippen molar-refractivity contribution in [3.63, 3.8) is 0 Å². The van der Waals surface area contributed by atoms with Crippen LogP contribution in [0.25, 0.3) is 0 Å². The van der Waals surface area contributed by atoms with E-state index in [1.807, 2.05) is 30.3 Å². The molecular weight excluding hydrogens is 188 g/mol. The Morgan fingerprint density at radius 1 is 1.14 bits per heavy atom. The number of ketones is 1. The predicted molar refractivity (Wildman–Crippen MR) is 63.3 cm³/mol. The van der Waals surface area contributed by atoms with Gasteiger partial charge in [-0.05, 0) is 5.56 Å². The average Bonchev–Trinajstić information content (AvgIpc) is 2.02. The molecule has 0 N–H and O–H groups in total. The number of rotatable bonds is 4. The summed E-state index contributed by atoms with van der Waals surface area (Å²) < 4.78 is 0. The molecule has 0 aliphatic rings. The minimum Gasteiger partial charge on any atom is -0.300 e. The quantitative estimate of drug-likeness (QED) is 0.692. The maximum absolute atomic E-state index is 11.7. The van der Waals surface area contributed by atoms with Gasteiger partial charge in [0.15, 0.2) is 0 Å². The van der Waals surface area contributed by atoms with Crippen molar-refractivity contribution in [3.05, 3.63) is 35.9 Å². The monoisotopic (exact) mass is 206 g/mol. The first-order chi connectivity index (χ1) is 6.47. The third-order valence-corrected chi connectivity index (χ3v) is 3.43. The second-order valence-electron chi connectivity index (χ2n) is 4.94. The van der Waals surface area contributed by atoms with E-state index < -0.39 is 8.07 Å². The first-order valence-electron chi connectivity index (χ1n) is 5.03. The van der Waals surface area contributed by atoms with Crippen molar-refractivity contribution < 1.29 is 4.79 Å². The van der Waals surface area contributed by atoms with Gasteiger partial charge in [0.25, 0.3) is 0 Å². The SMILES string of the molecule is C[Si](C)(C)CC(=O)Cc1ccccc1. The molecule has 0 spiro atoms. The maximum Gasteiger partial charge on any atom is 0.134 e. The van der Waals surface area contributed by atoms with Gasteiger partial charge in [0.2, 0.25) is 0 Å². The molecule has 0 heterocycles. The number of hydrogen-bond acceptors (Lipinski definition) is 1. The van der Waals surface area contributed by atoms with Gasteiger partial charge in [-0.1, -0.05) is 50.0 Å². The number of benzene rings is 1. The minimum atomic E-state index is -1.22. The van der Waals surface area contributed by atoms with Gasteiger partial charge in [-0.15, -0.1) is 0 Å². The molecule has 1 rings (SSSR count). The summed E-state index contributed by atoms with van der Waals surface area (Å²) in [6.45, 7) is 6.70. The molecule has 1 nitrogen and oxygen atoms in total. The van der Waals surface area contributed by atoms with Gasteiger partial charge in [0, 0.05) is 12.5 Å². The van der Waals surface area contributed by atoms with Crippen LogP contribution in [-0.2, 0) is 11.2 Å². The predicted octanol–water partition coefficient (Wildman–Crippen LogP) is 3.14. The van der Waals surface area contributed by atoms with E-state index in [0.29, 0.717) is 12.2 Å². The Labute approximate surface area is 87.2 Å². The molecule has 0 fully saturated rings. The van der Waals surface area contributed by atoms with E-state index in [1.165, 1.54) is 0 Å². The summed E-state index contributed by atoms with van der Waals surface area (Å²) in [5.74, 6) is 0.385. The van der Waals surface area contributed by atoms with Crippen molar-refractivity contribution in [2.75, 3.05) is 0 Å². The highest BCUT2D eigenvalue weighted by Crippen LogP contribution is 2.11. The van der Waals surface area contributed by atoms with Crippen LogP contribution in [0.1, 0.15) is 5.56 Å². The highest BCUT2D eigenvalue weighted by Gasteiger charge is 2.17. The largest absolute Gasteiger partial charge is 0.300 e. The molecule has 1 aromatic carbocycles. The average molecular weight is 206 g/mol. The van der Waals surface area contributed by atoms with E-state index >= 15 is 0 Å². The van der Waals surface area contributed by atoms with Gasteiger partial charge in [-0.25, -0.2) is 0 Å². The molecule has 0 atom stereocenters. The summed E-state index contributed by atoms with van der Waals surface area (Å²) in [6, 6.07) is 10.8. The molecule has 1 aromatic rings. The molecule has 0 aliphatic carbocycles. The van der Waals surface area contributed by atoms with Crippen LogP contribution in [0, 0.1) is 0 Å². The van der Waals surface area contributed by atoms with Crippen molar-refractivity contribution >= 4 is 13.9 Å². The third-order valence-electron chi connectivity index (χ3n) is 1.97. The first-order valence-corrected chi connectivity index (χ1v) is 8.74. The number of carbonyl (C=O) groups excluding carboxylic acids is 1. The molecule has 0 radical (unpaired) electrons. The van der Waals surface area contributed by atoms with Gasteiger partial charge < -0.3 is 0 Å². The lowest BCUT2D eigenvalue weighted by Crippen LogP contribution is -2.24. The van der Waals surface area contributed by atoms with E-state index in [9.17, 15) is 4.79 Å². The lowest BCUT2D eigenvalue weighted by atomic mass is 10.1. The molecule has 0 amide bonds. The Balaban J connectivity index is 2.50. The van der Waals surface area contributed by atoms with E-state index in [2.05, 4.69) is 19.6 Å². The fourth-order valence-corrected chi connectivity index (χ4v) is 2.79. The van der Waals surface area contributed by atoms with Gasteiger partial charge in [-0.3, -0.25) is 4.79 Å². The van der Waals surface area contributed by atoms with Crippen LogP contribution in [0.4, 0.5) is 0 Å². The van der Waals surface area contributed by atoms with Gasteiger partial charge >= 0.3 is 0 Å². The Kier molecular flexibility index (Phi) is 3.64. The van der Waals surface area contributed by atoms with E-state index in [0.717, 1.165) is 11.6 Å². The molecule has 0 unspecified atom stereocenters.